The van der Waals surface area contributed by atoms with Crippen molar-refractivity contribution < 1.29 is 17.5 Å². The highest BCUT2D eigenvalue weighted by Crippen LogP contribution is 2.29. The first-order valence-electron chi connectivity index (χ1n) is 5.33. The van der Waals surface area contributed by atoms with Gasteiger partial charge in [0.2, 0.25) is 5.75 Å². The van der Waals surface area contributed by atoms with Crippen molar-refractivity contribution in [3.05, 3.63) is 63.7 Å². The summed E-state index contributed by atoms with van der Waals surface area (Å²) in [6, 6.07) is 10.7. The smallest absolute Gasteiger partial charge is 0.339 e. The fourth-order valence-electron chi connectivity index (χ4n) is 1.47. The number of halogens is 1. The van der Waals surface area contributed by atoms with E-state index in [0.29, 0.717) is 0 Å². The van der Waals surface area contributed by atoms with Crippen LogP contribution in [0.3, 0.4) is 0 Å². The average Bonchev–Trinajstić information content (AvgIpc) is 2.38. The molecule has 0 N–H and O–H groups in total. The van der Waals surface area contributed by atoms with Crippen molar-refractivity contribution in [2.75, 3.05) is 0 Å². The number of hydrogen-bond donors (Lipinski definition) is 0. The standard InChI is InChI=1S/C12H8ClNO5S/c13-9-4-3-5-10(8-9)20(17,18)19-12-7-2-1-6-11(12)14(15)16/h1-8H. The van der Waals surface area contributed by atoms with Crippen LogP contribution in [0, 0.1) is 10.1 Å². The van der Waals surface area contributed by atoms with Crippen molar-refractivity contribution in [3.8, 4) is 5.75 Å². The molecular weight excluding hydrogens is 306 g/mol. The lowest BCUT2D eigenvalue weighted by molar-refractivity contribution is -0.385. The predicted octanol–water partition coefficient (Wildman–Crippen LogP) is 3.02. The van der Waals surface area contributed by atoms with E-state index in [9.17, 15) is 18.5 Å². The van der Waals surface area contributed by atoms with Gasteiger partial charge in [0.25, 0.3) is 0 Å². The van der Waals surface area contributed by atoms with E-state index < -0.39 is 20.7 Å². The van der Waals surface area contributed by atoms with Crippen molar-refractivity contribution in [1.82, 2.24) is 0 Å². The summed E-state index contributed by atoms with van der Waals surface area (Å²) in [6.07, 6.45) is 0. The monoisotopic (exact) mass is 313 g/mol. The molecule has 0 aromatic heterocycles. The number of para-hydroxylation sites is 2. The van der Waals surface area contributed by atoms with Crippen molar-refractivity contribution in [1.29, 1.82) is 0 Å². The Labute approximate surface area is 119 Å². The van der Waals surface area contributed by atoms with Gasteiger partial charge in [-0.1, -0.05) is 29.8 Å². The molecule has 0 bridgehead atoms. The fourth-order valence-corrected chi connectivity index (χ4v) is 2.71. The Morgan fingerprint density at radius 3 is 2.45 bits per heavy atom. The third kappa shape index (κ3) is 3.06. The topological polar surface area (TPSA) is 86.5 Å². The molecule has 0 amide bonds. The van der Waals surface area contributed by atoms with Gasteiger partial charge in [-0.15, -0.1) is 0 Å². The fraction of sp³-hybridized carbons (Fsp3) is 0. The third-order valence-corrected chi connectivity index (χ3v) is 3.81. The van der Waals surface area contributed by atoms with Crippen LogP contribution in [0.4, 0.5) is 5.69 Å². The Morgan fingerprint density at radius 2 is 1.80 bits per heavy atom. The van der Waals surface area contributed by atoms with Gasteiger partial charge in [0.05, 0.1) is 4.92 Å². The lowest BCUT2D eigenvalue weighted by atomic mass is 10.3. The Morgan fingerprint density at radius 1 is 1.10 bits per heavy atom. The van der Waals surface area contributed by atoms with Crippen LogP contribution in [0.2, 0.25) is 5.02 Å². The van der Waals surface area contributed by atoms with Crippen molar-refractivity contribution >= 4 is 27.4 Å². The number of hydrogen-bond acceptors (Lipinski definition) is 5. The molecule has 0 saturated carbocycles. The van der Waals surface area contributed by atoms with Gasteiger partial charge in [-0.3, -0.25) is 10.1 Å². The van der Waals surface area contributed by atoms with Crippen molar-refractivity contribution in [2.24, 2.45) is 0 Å². The van der Waals surface area contributed by atoms with Crippen LogP contribution < -0.4 is 4.18 Å². The number of nitrogens with zero attached hydrogens (tertiary/aromatic N) is 1. The molecule has 2 aromatic rings. The molecule has 104 valence electrons. The maximum absolute atomic E-state index is 12.0. The lowest BCUT2D eigenvalue weighted by Gasteiger charge is -2.07. The van der Waals surface area contributed by atoms with E-state index in [0.717, 1.165) is 6.07 Å². The summed E-state index contributed by atoms with van der Waals surface area (Å²) in [5.41, 5.74) is -0.432. The molecule has 2 rings (SSSR count). The number of nitro groups is 1. The first kappa shape index (κ1) is 14.3. The molecule has 6 nitrogen and oxygen atoms in total. The zero-order chi connectivity index (χ0) is 14.8. The number of nitro benzene ring substituents is 1. The molecule has 0 aliphatic carbocycles. The van der Waals surface area contributed by atoms with Gasteiger partial charge in [-0.25, -0.2) is 0 Å². The van der Waals surface area contributed by atoms with Gasteiger partial charge in [-0.2, -0.15) is 8.42 Å². The van der Waals surface area contributed by atoms with Crippen LogP contribution in [0.1, 0.15) is 0 Å². The normalized spacial score (nSPS) is 11.1. The molecule has 0 atom stereocenters. The summed E-state index contributed by atoms with van der Waals surface area (Å²) < 4.78 is 28.9. The van der Waals surface area contributed by atoms with Crippen LogP contribution in [0.25, 0.3) is 0 Å². The molecule has 8 heteroatoms. The van der Waals surface area contributed by atoms with Crippen LogP contribution in [0.5, 0.6) is 5.75 Å². The summed E-state index contributed by atoms with van der Waals surface area (Å²) in [5, 5.41) is 11.0. The van der Waals surface area contributed by atoms with E-state index in [4.69, 9.17) is 15.8 Å². The maximum atomic E-state index is 12.0. The predicted molar refractivity (Wildman–Crippen MR) is 72.4 cm³/mol. The summed E-state index contributed by atoms with van der Waals surface area (Å²) in [7, 11) is -4.18. The molecule has 0 aliphatic heterocycles. The number of rotatable bonds is 4. The molecule has 20 heavy (non-hydrogen) atoms. The molecule has 0 unspecified atom stereocenters. The van der Waals surface area contributed by atoms with Crippen molar-refractivity contribution in [3.63, 3.8) is 0 Å². The zero-order valence-electron chi connectivity index (χ0n) is 9.89. The van der Waals surface area contributed by atoms with Gasteiger partial charge in [0.15, 0.2) is 0 Å². The Kier molecular flexibility index (Phi) is 3.91. The molecule has 2 aromatic carbocycles. The Balaban J connectivity index is 2.41. The van der Waals surface area contributed by atoms with Gasteiger partial charge >= 0.3 is 15.8 Å². The highest BCUT2D eigenvalue weighted by atomic mass is 35.5. The van der Waals surface area contributed by atoms with E-state index in [-0.39, 0.29) is 15.7 Å². The molecule has 0 fully saturated rings. The second-order valence-corrected chi connectivity index (χ2v) is 5.70. The highest BCUT2D eigenvalue weighted by molar-refractivity contribution is 7.87. The first-order chi connectivity index (χ1) is 9.40. The van der Waals surface area contributed by atoms with E-state index in [1.807, 2.05) is 0 Å². The van der Waals surface area contributed by atoms with Gasteiger partial charge in [-0.05, 0) is 24.3 Å². The minimum Gasteiger partial charge on any atom is -0.372 e. The quantitative estimate of drug-likeness (QED) is 0.492. The second kappa shape index (κ2) is 5.48. The minimum atomic E-state index is -4.18. The number of benzene rings is 2. The van der Waals surface area contributed by atoms with Crippen molar-refractivity contribution in [2.45, 2.75) is 4.90 Å². The molecule has 0 spiro atoms. The van der Waals surface area contributed by atoms with Crippen LogP contribution in [-0.2, 0) is 10.1 Å². The van der Waals surface area contributed by atoms with Gasteiger partial charge < -0.3 is 4.18 Å². The highest BCUT2D eigenvalue weighted by Gasteiger charge is 2.22. The van der Waals surface area contributed by atoms with Gasteiger partial charge in [0.1, 0.15) is 4.90 Å². The summed E-state index contributed by atoms with van der Waals surface area (Å²) in [4.78, 5) is 9.91. The largest absolute Gasteiger partial charge is 0.372 e. The average molecular weight is 314 g/mol. The molecule has 0 saturated heterocycles. The summed E-state index contributed by atoms with van der Waals surface area (Å²) in [5.74, 6) is -0.350. The molecular formula is C12H8ClNO5S. The van der Waals surface area contributed by atoms with E-state index in [2.05, 4.69) is 0 Å². The van der Waals surface area contributed by atoms with E-state index in [1.54, 1.807) is 0 Å². The van der Waals surface area contributed by atoms with Crippen LogP contribution in [-0.4, -0.2) is 13.3 Å². The van der Waals surface area contributed by atoms with Gasteiger partial charge in [0, 0.05) is 11.1 Å². The molecule has 0 radical (unpaired) electrons. The zero-order valence-corrected chi connectivity index (χ0v) is 11.5. The van der Waals surface area contributed by atoms with Crippen LogP contribution >= 0.6 is 11.6 Å². The maximum Gasteiger partial charge on any atom is 0.339 e. The third-order valence-electron chi connectivity index (χ3n) is 2.35. The van der Waals surface area contributed by atoms with E-state index >= 15 is 0 Å². The lowest BCUT2D eigenvalue weighted by Crippen LogP contribution is -2.10. The van der Waals surface area contributed by atoms with Crippen LogP contribution in [0.15, 0.2) is 53.4 Å². The summed E-state index contributed by atoms with van der Waals surface area (Å²) in [6.45, 7) is 0. The molecule has 0 heterocycles. The Hall–Kier alpha value is -2.12. The summed E-state index contributed by atoms with van der Waals surface area (Å²) >= 11 is 5.71. The van der Waals surface area contributed by atoms with E-state index in [1.165, 1.54) is 42.5 Å². The SMILES string of the molecule is O=[N+]([O-])c1ccccc1OS(=O)(=O)c1cccc(Cl)c1. The first-order valence-corrected chi connectivity index (χ1v) is 7.12. The minimum absolute atomic E-state index is 0.178. The Bertz CT molecular complexity index is 760. The second-order valence-electron chi connectivity index (χ2n) is 3.72. The molecule has 0 aliphatic rings.